The highest BCUT2D eigenvalue weighted by Gasteiger charge is 2.15. The van der Waals surface area contributed by atoms with Crippen LogP contribution in [0.3, 0.4) is 0 Å². The number of anilines is 1. The number of amides is 1. The van der Waals surface area contributed by atoms with Gasteiger partial charge in [0.2, 0.25) is 5.91 Å². The Bertz CT molecular complexity index is 726. The molecule has 10 nitrogen and oxygen atoms in total. The van der Waals surface area contributed by atoms with E-state index in [0.717, 1.165) is 6.20 Å². The number of nitrogens with one attached hydrogen (secondary N) is 1. The fourth-order valence-electron chi connectivity index (χ4n) is 1.74. The third kappa shape index (κ3) is 3.62. The lowest BCUT2D eigenvalue weighted by molar-refractivity contribution is -0.385. The summed E-state index contributed by atoms with van der Waals surface area (Å²) in [7, 11) is 0. The molecule has 1 amide bonds. The first kappa shape index (κ1) is 15.1. The number of rotatable bonds is 6. The summed E-state index contributed by atoms with van der Waals surface area (Å²) < 4.78 is 1.26. The lowest BCUT2D eigenvalue weighted by Gasteiger charge is -2.05. The summed E-state index contributed by atoms with van der Waals surface area (Å²) in [6.07, 6.45) is 2.27. The van der Waals surface area contributed by atoms with Crippen molar-refractivity contribution in [2.75, 3.05) is 5.32 Å². The molecule has 0 bridgehead atoms. The highest BCUT2D eigenvalue weighted by Crippen LogP contribution is 2.23. The van der Waals surface area contributed by atoms with Crippen LogP contribution in [0.1, 0.15) is 6.42 Å². The molecule has 0 saturated carbocycles. The van der Waals surface area contributed by atoms with E-state index in [-0.39, 0.29) is 30.0 Å². The quantitative estimate of drug-likeness (QED) is 0.638. The largest absolute Gasteiger partial charge is 0.320 e. The molecule has 1 aromatic heterocycles. The molecule has 1 aromatic carbocycles. The number of aryl methyl sites for hydroxylation is 1. The lowest BCUT2D eigenvalue weighted by atomic mass is 10.2. The molecule has 10 heteroatoms. The summed E-state index contributed by atoms with van der Waals surface area (Å²) in [4.78, 5) is 31.9. The summed E-state index contributed by atoms with van der Waals surface area (Å²) >= 11 is 0. The van der Waals surface area contributed by atoms with Gasteiger partial charge in [0.1, 0.15) is 18.1 Å². The molecule has 0 radical (unpaired) electrons. The number of carbonyl (C=O) groups excluding carboxylic acids is 1. The van der Waals surface area contributed by atoms with Gasteiger partial charge in [0.25, 0.3) is 5.69 Å². The second-order valence-electron chi connectivity index (χ2n) is 4.29. The van der Waals surface area contributed by atoms with Crippen molar-refractivity contribution in [3.05, 3.63) is 56.9 Å². The molecular formula is C12H11N5O5. The zero-order chi connectivity index (χ0) is 16.1. The Morgan fingerprint density at radius 2 is 1.95 bits per heavy atom. The Morgan fingerprint density at radius 3 is 2.59 bits per heavy atom. The topological polar surface area (TPSA) is 133 Å². The van der Waals surface area contributed by atoms with Gasteiger partial charge in [-0.15, -0.1) is 0 Å². The molecule has 0 spiro atoms. The fraction of sp³-hybridized carbons (Fsp3) is 0.167. The monoisotopic (exact) mass is 305 g/mol. The molecule has 0 aliphatic heterocycles. The maximum Gasteiger partial charge on any atom is 0.306 e. The number of nitrogens with zero attached hydrogens (tertiary/aromatic N) is 4. The van der Waals surface area contributed by atoms with Crippen LogP contribution in [0.4, 0.5) is 17.1 Å². The summed E-state index contributed by atoms with van der Waals surface area (Å²) in [5.74, 6) is -0.451. The van der Waals surface area contributed by atoms with Gasteiger partial charge in [-0.05, 0) is 6.07 Å². The van der Waals surface area contributed by atoms with Crippen molar-refractivity contribution in [2.45, 2.75) is 13.0 Å². The van der Waals surface area contributed by atoms with E-state index in [4.69, 9.17) is 0 Å². The minimum atomic E-state index is -0.591. The van der Waals surface area contributed by atoms with Crippen LogP contribution >= 0.6 is 0 Å². The molecular weight excluding hydrogens is 294 g/mol. The third-order valence-corrected chi connectivity index (χ3v) is 2.77. The number of para-hydroxylation sites is 2. The van der Waals surface area contributed by atoms with E-state index >= 15 is 0 Å². The maximum absolute atomic E-state index is 11.8. The van der Waals surface area contributed by atoms with Gasteiger partial charge in [-0.2, -0.15) is 5.10 Å². The van der Waals surface area contributed by atoms with Crippen molar-refractivity contribution in [3.8, 4) is 0 Å². The Balaban J connectivity index is 1.96. The van der Waals surface area contributed by atoms with Gasteiger partial charge in [-0.3, -0.25) is 29.7 Å². The lowest BCUT2D eigenvalue weighted by Crippen LogP contribution is -2.15. The van der Waals surface area contributed by atoms with Crippen LogP contribution in [-0.4, -0.2) is 25.5 Å². The van der Waals surface area contributed by atoms with Crippen molar-refractivity contribution in [1.29, 1.82) is 0 Å². The first-order valence-corrected chi connectivity index (χ1v) is 6.17. The van der Waals surface area contributed by atoms with Crippen molar-refractivity contribution in [1.82, 2.24) is 9.78 Å². The molecule has 0 aliphatic rings. The van der Waals surface area contributed by atoms with E-state index in [2.05, 4.69) is 10.4 Å². The van der Waals surface area contributed by atoms with E-state index in [1.165, 1.54) is 29.1 Å². The highest BCUT2D eigenvalue weighted by atomic mass is 16.6. The number of nitro groups is 2. The molecule has 2 aromatic rings. The van der Waals surface area contributed by atoms with Gasteiger partial charge >= 0.3 is 5.69 Å². The second-order valence-corrected chi connectivity index (χ2v) is 4.29. The van der Waals surface area contributed by atoms with Crippen molar-refractivity contribution >= 4 is 23.0 Å². The molecule has 0 aliphatic carbocycles. The molecule has 22 heavy (non-hydrogen) atoms. The second kappa shape index (κ2) is 6.43. The van der Waals surface area contributed by atoms with Crippen LogP contribution in [0.5, 0.6) is 0 Å². The van der Waals surface area contributed by atoms with Crippen molar-refractivity contribution < 1.29 is 14.6 Å². The number of nitro benzene ring substituents is 1. The smallest absolute Gasteiger partial charge is 0.306 e. The number of aromatic nitrogens is 2. The number of carbonyl (C=O) groups is 1. The summed E-state index contributed by atoms with van der Waals surface area (Å²) in [6.45, 7) is 0.125. The predicted octanol–water partition coefficient (Wildman–Crippen LogP) is 1.73. The third-order valence-electron chi connectivity index (χ3n) is 2.77. The van der Waals surface area contributed by atoms with E-state index in [0.29, 0.717) is 0 Å². The summed E-state index contributed by atoms with van der Waals surface area (Å²) in [5, 5.41) is 27.5. The highest BCUT2D eigenvalue weighted by molar-refractivity contribution is 5.92. The zero-order valence-corrected chi connectivity index (χ0v) is 11.2. The van der Waals surface area contributed by atoms with Gasteiger partial charge in [-0.1, -0.05) is 12.1 Å². The van der Waals surface area contributed by atoms with Crippen LogP contribution in [0.2, 0.25) is 0 Å². The summed E-state index contributed by atoms with van der Waals surface area (Å²) in [5.41, 5.74) is -0.270. The SMILES string of the molecule is O=C(CCn1cc([N+](=O)[O-])cn1)Nc1ccccc1[N+](=O)[O-]. The van der Waals surface area contributed by atoms with Crippen molar-refractivity contribution in [3.63, 3.8) is 0 Å². The van der Waals surface area contributed by atoms with Crippen LogP contribution in [0, 0.1) is 20.2 Å². The first-order valence-electron chi connectivity index (χ1n) is 6.17. The zero-order valence-electron chi connectivity index (χ0n) is 11.2. The Morgan fingerprint density at radius 1 is 1.23 bits per heavy atom. The number of benzene rings is 1. The molecule has 0 atom stereocenters. The van der Waals surface area contributed by atoms with Crippen molar-refractivity contribution in [2.24, 2.45) is 0 Å². The van der Waals surface area contributed by atoms with Crippen LogP contribution in [0.25, 0.3) is 0 Å². The molecule has 1 heterocycles. The molecule has 0 fully saturated rings. The van der Waals surface area contributed by atoms with E-state index in [1.54, 1.807) is 6.07 Å². The van der Waals surface area contributed by atoms with Gasteiger partial charge in [0.15, 0.2) is 0 Å². The van der Waals surface area contributed by atoms with E-state index < -0.39 is 15.8 Å². The minimum Gasteiger partial charge on any atom is -0.320 e. The van der Waals surface area contributed by atoms with Crippen LogP contribution in [-0.2, 0) is 11.3 Å². The molecule has 1 N–H and O–H groups in total. The Kier molecular flexibility index (Phi) is 4.41. The molecule has 0 unspecified atom stereocenters. The van der Waals surface area contributed by atoms with E-state index in [9.17, 15) is 25.0 Å². The molecule has 114 valence electrons. The Hall–Kier alpha value is -3.30. The van der Waals surface area contributed by atoms with Crippen LogP contribution in [0.15, 0.2) is 36.7 Å². The normalized spacial score (nSPS) is 10.2. The molecule has 0 saturated heterocycles. The first-order chi connectivity index (χ1) is 10.5. The van der Waals surface area contributed by atoms with E-state index in [1.807, 2.05) is 0 Å². The van der Waals surface area contributed by atoms with Crippen LogP contribution < -0.4 is 5.32 Å². The number of hydrogen-bond donors (Lipinski definition) is 1. The average Bonchev–Trinajstić information content (AvgIpc) is 2.94. The average molecular weight is 305 g/mol. The van der Waals surface area contributed by atoms with Gasteiger partial charge in [0, 0.05) is 19.0 Å². The Labute approximate surface area is 123 Å². The predicted molar refractivity (Wildman–Crippen MR) is 75.2 cm³/mol. The summed E-state index contributed by atoms with van der Waals surface area (Å²) in [6, 6.07) is 5.78. The maximum atomic E-state index is 11.8. The van der Waals surface area contributed by atoms with Gasteiger partial charge in [-0.25, -0.2) is 0 Å². The minimum absolute atomic E-state index is 0.0229. The molecule has 2 rings (SSSR count). The standard InChI is InChI=1S/C12H11N5O5/c18-12(5-6-15-8-9(7-13-15)16(19)20)14-10-3-1-2-4-11(10)17(21)22/h1-4,7-8H,5-6H2,(H,14,18). The fourth-order valence-corrected chi connectivity index (χ4v) is 1.74. The van der Waals surface area contributed by atoms with Gasteiger partial charge in [0.05, 0.1) is 9.85 Å². The number of hydrogen-bond acceptors (Lipinski definition) is 6. The van der Waals surface area contributed by atoms with Gasteiger partial charge < -0.3 is 5.32 Å².